The average molecular weight is 270 g/mol. The maximum absolute atomic E-state index is 12.0. The zero-order chi connectivity index (χ0) is 13.8. The van der Waals surface area contributed by atoms with Gasteiger partial charge in [-0.05, 0) is 50.0 Å². The SMILES string of the molecule is O=C(CC1CCNCC1)Nc1ccc2nccnc2c1. The van der Waals surface area contributed by atoms with E-state index in [9.17, 15) is 4.79 Å². The van der Waals surface area contributed by atoms with Crippen molar-refractivity contribution in [2.24, 2.45) is 5.92 Å². The molecule has 2 aromatic rings. The van der Waals surface area contributed by atoms with Gasteiger partial charge in [0.25, 0.3) is 0 Å². The molecular weight excluding hydrogens is 252 g/mol. The molecule has 1 aromatic heterocycles. The van der Waals surface area contributed by atoms with Crippen LogP contribution in [0.4, 0.5) is 5.69 Å². The Labute approximate surface area is 117 Å². The molecule has 0 unspecified atom stereocenters. The summed E-state index contributed by atoms with van der Waals surface area (Å²) < 4.78 is 0. The zero-order valence-electron chi connectivity index (χ0n) is 11.3. The molecule has 0 bridgehead atoms. The Balaban J connectivity index is 1.64. The van der Waals surface area contributed by atoms with E-state index in [4.69, 9.17) is 0 Å². The molecule has 20 heavy (non-hydrogen) atoms. The quantitative estimate of drug-likeness (QED) is 0.894. The second kappa shape index (κ2) is 5.96. The number of hydrogen-bond donors (Lipinski definition) is 2. The average Bonchev–Trinajstić information content (AvgIpc) is 2.48. The van der Waals surface area contributed by atoms with Crippen molar-refractivity contribution in [2.45, 2.75) is 19.3 Å². The van der Waals surface area contributed by atoms with E-state index in [1.54, 1.807) is 12.4 Å². The maximum Gasteiger partial charge on any atom is 0.224 e. The monoisotopic (exact) mass is 270 g/mol. The number of anilines is 1. The number of benzene rings is 1. The van der Waals surface area contributed by atoms with Crippen molar-refractivity contribution < 1.29 is 4.79 Å². The molecule has 5 nitrogen and oxygen atoms in total. The molecule has 1 aliphatic heterocycles. The number of piperidine rings is 1. The third-order valence-electron chi connectivity index (χ3n) is 3.69. The van der Waals surface area contributed by atoms with Gasteiger partial charge >= 0.3 is 0 Å². The number of fused-ring (bicyclic) bond motifs is 1. The standard InChI is InChI=1S/C15H18N4O/c20-15(9-11-3-5-16-6-4-11)19-12-1-2-13-14(10-12)18-8-7-17-13/h1-2,7-8,10-11,16H,3-6,9H2,(H,19,20). The minimum atomic E-state index is 0.0835. The van der Waals surface area contributed by atoms with Crippen LogP contribution in [-0.4, -0.2) is 29.0 Å². The van der Waals surface area contributed by atoms with Crippen LogP contribution in [0, 0.1) is 5.92 Å². The highest BCUT2D eigenvalue weighted by Crippen LogP contribution is 2.19. The lowest BCUT2D eigenvalue weighted by Gasteiger charge is -2.21. The molecule has 5 heteroatoms. The largest absolute Gasteiger partial charge is 0.326 e. The van der Waals surface area contributed by atoms with Gasteiger partial charge in [-0.2, -0.15) is 0 Å². The van der Waals surface area contributed by atoms with Crippen LogP contribution in [0.1, 0.15) is 19.3 Å². The summed E-state index contributed by atoms with van der Waals surface area (Å²) in [6.07, 6.45) is 6.08. The van der Waals surface area contributed by atoms with Crippen molar-refractivity contribution in [1.82, 2.24) is 15.3 Å². The van der Waals surface area contributed by atoms with Gasteiger partial charge in [0.15, 0.2) is 0 Å². The van der Waals surface area contributed by atoms with Crippen LogP contribution in [0.5, 0.6) is 0 Å². The van der Waals surface area contributed by atoms with Crippen LogP contribution in [0.2, 0.25) is 0 Å². The Bertz CT molecular complexity index is 608. The van der Waals surface area contributed by atoms with Crippen molar-refractivity contribution in [3.05, 3.63) is 30.6 Å². The van der Waals surface area contributed by atoms with Crippen LogP contribution in [-0.2, 0) is 4.79 Å². The number of hydrogen-bond acceptors (Lipinski definition) is 4. The molecule has 2 heterocycles. The van der Waals surface area contributed by atoms with E-state index in [0.29, 0.717) is 12.3 Å². The summed E-state index contributed by atoms with van der Waals surface area (Å²) in [5.74, 6) is 0.580. The highest BCUT2D eigenvalue weighted by molar-refractivity contribution is 5.93. The van der Waals surface area contributed by atoms with E-state index in [2.05, 4.69) is 20.6 Å². The third kappa shape index (κ3) is 3.11. The highest BCUT2D eigenvalue weighted by Gasteiger charge is 2.16. The van der Waals surface area contributed by atoms with Gasteiger partial charge in [-0.15, -0.1) is 0 Å². The molecule has 0 atom stereocenters. The minimum absolute atomic E-state index is 0.0835. The fourth-order valence-corrected chi connectivity index (χ4v) is 2.60. The van der Waals surface area contributed by atoms with Crippen LogP contribution in [0.3, 0.4) is 0 Å². The maximum atomic E-state index is 12.0. The molecule has 0 spiro atoms. The smallest absolute Gasteiger partial charge is 0.224 e. The third-order valence-corrected chi connectivity index (χ3v) is 3.69. The van der Waals surface area contributed by atoms with Crippen LogP contribution >= 0.6 is 0 Å². The lowest BCUT2D eigenvalue weighted by molar-refractivity contribution is -0.117. The van der Waals surface area contributed by atoms with E-state index in [-0.39, 0.29) is 5.91 Å². The van der Waals surface area contributed by atoms with E-state index in [0.717, 1.165) is 42.7 Å². The van der Waals surface area contributed by atoms with Gasteiger partial charge < -0.3 is 10.6 Å². The summed E-state index contributed by atoms with van der Waals surface area (Å²) in [7, 11) is 0. The molecule has 1 saturated heterocycles. The molecule has 2 N–H and O–H groups in total. The highest BCUT2D eigenvalue weighted by atomic mass is 16.1. The van der Waals surface area contributed by atoms with Crippen molar-refractivity contribution in [1.29, 1.82) is 0 Å². The molecule has 0 aliphatic carbocycles. The minimum Gasteiger partial charge on any atom is -0.326 e. The first kappa shape index (κ1) is 13.0. The summed E-state index contributed by atoms with van der Waals surface area (Å²) in [5.41, 5.74) is 2.42. The molecule has 1 fully saturated rings. The van der Waals surface area contributed by atoms with Gasteiger partial charge in [0.1, 0.15) is 0 Å². The molecule has 104 valence electrons. The summed E-state index contributed by atoms with van der Waals surface area (Å²) in [6.45, 7) is 2.03. The van der Waals surface area contributed by atoms with Crippen LogP contribution < -0.4 is 10.6 Å². The lowest BCUT2D eigenvalue weighted by atomic mass is 9.94. The topological polar surface area (TPSA) is 66.9 Å². The van der Waals surface area contributed by atoms with Gasteiger partial charge in [0, 0.05) is 24.5 Å². The number of nitrogens with zero attached hydrogens (tertiary/aromatic N) is 2. The van der Waals surface area contributed by atoms with Gasteiger partial charge in [0.05, 0.1) is 11.0 Å². The van der Waals surface area contributed by atoms with Crippen molar-refractivity contribution in [3.8, 4) is 0 Å². The van der Waals surface area contributed by atoms with Gasteiger partial charge in [-0.3, -0.25) is 14.8 Å². The number of nitrogens with one attached hydrogen (secondary N) is 2. The molecule has 3 rings (SSSR count). The molecular formula is C15H18N4O. The van der Waals surface area contributed by atoms with Gasteiger partial charge in [-0.1, -0.05) is 0 Å². The second-order valence-electron chi connectivity index (χ2n) is 5.21. The van der Waals surface area contributed by atoms with E-state index in [1.807, 2.05) is 18.2 Å². The van der Waals surface area contributed by atoms with Crippen molar-refractivity contribution in [2.75, 3.05) is 18.4 Å². The Kier molecular flexibility index (Phi) is 3.87. The number of carbonyl (C=O) groups excluding carboxylic acids is 1. The first-order valence-corrected chi connectivity index (χ1v) is 7.02. The summed E-state index contributed by atoms with van der Waals surface area (Å²) in [4.78, 5) is 20.5. The number of amides is 1. The van der Waals surface area contributed by atoms with Crippen LogP contribution in [0.25, 0.3) is 11.0 Å². The Morgan fingerprint density at radius 3 is 2.75 bits per heavy atom. The van der Waals surface area contributed by atoms with Crippen LogP contribution in [0.15, 0.2) is 30.6 Å². The molecule has 0 saturated carbocycles. The molecule has 1 aliphatic rings. The second-order valence-corrected chi connectivity index (χ2v) is 5.21. The molecule has 1 amide bonds. The normalized spacial score (nSPS) is 16.2. The summed E-state index contributed by atoms with van der Waals surface area (Å²) in [5, 5.41) is 6.27. The molecule has 0 radical (unpaired) electrons. The van der Waals surface area contributed by atoms with Crippen molar-refractivity contribution in [3.63, 3.8) is 0 Å². The van der Waals surface area contributed by atoms with E-state index in [1.165, 1.54) is 0 Å². The zero-order valence-corrected chi connectivity index (χ0v) is 11.3. The van der Waals surface area contributed by atoms with Gasteiger partial charge in [0.2, 0.25) is 5.91 Å². The van der Waals surface area contributed by atoms with E-state index >= 15 is 0 Å². The molecule has 1 aromatic carbocycles. The summed E-state index contributed by atoms with van der Waals surface area (Å²) in [6, 6.07) is 5.61. The predicted octanol–water partition coefficient (Wildman–Crippen LogP) is 1.96. The fourth-order valence-electron chi connectivity index (χ4n) is 2.60. The Morgan fingerprint density at radius 2 is 1.95 bits per heavy atom. The predicted molar refractivity (Wildman–Crippen MR) is 78.4 cm³/mol. The Morgan fingerprint density at radius 1 is 1.20 bits per heavy atom. The first-order valence-electron chi connectivity index (χ1n) is 7.02. The van der Waals surface area contributed by atoms with Gasteiger partial charge in [-0.25, -0.2) is 0 Å². The fraction of sp³-hybridized carbons (Fsp3) is 0.400. The number of carbonyl (C=O) groups is 1. The van der Waals surface area contributed by atoms with E-state index < -0.39 is 0 Å². The van der Waals surface area contributed by atoms with Crippen molar-refractivity contribution >= 4 is 22.6 Å². The Hall–Kier alpha value is -2.01. The first-order chi connectivity index (χ1) is 9.81. The number of aromatic nitrogens is 2. The number of rotatable bonds is 3. The lowest BCUT2D eigenvalue weighted by Crippen LogP contribution is -2.30. The summed E-state index contributed by atoms with van der Waals surface area (Å²) >= 11 is 0.